The van der Waals surface area contributed by atoms with Gasteiger partial charge in [-0.15, -0.1) is 0 Å². The first kappa shape index (κ1) is 8.81. The number of aromatic amines is 1. The summed E-state index contributed by atoms with van der Waals surface area (Å²) in [5.74, 6) is 0. The summed E-state index contributed by atoms with van der Waals surface area (Å²) in [5.41, 5.74) is -3.31. The molecule has 1 aromatic carbocycles. The van der Waals surface area contributed by atoms with Crippen molar-refractivity contribution in [3.63, 3.8) is 0 Å². The van der Waals surface area contributed by atoms with Gasteiger partial charge in [-0.1, -0.05) is 6.04 Å². The molecule has 110 valence electrons. The molecule has 0 saturated carbocycles. The molecule has 0 aliphatic heterocycles. The molecule has 0 atom stereocenters. The lowest BCUT2D eigenvalue weighted by Gasteiger charge is -2.08. The molecule has 5 nitrogen and oxygen atoms in total. The molecular weight excluding hydrogens is 274 g/mol. The Hall–Kier alpha value is -1.37. The van der Waals surface area contributed by atoms with Crippen molar-refractivity contribution in [1.82, 2.24) is 14.6 Å². The molecule has 2 aromatic rings. The number of fused-ring (bicyclic) bond motifs is 1. The Morgan fingerprint density at radius 1 is 1.45 bits per heavy atom. The fourth-order valence-corrected chi connectivity index (χ4v) is 2.16. The van der Waals surface area contributed by atoms with Gasteiger partial charge in [0.1, 0.15) is 0 Å². The summed E-state index contributed by atoms with van der Waals surface area (Å²) >= 11 is 0. The highest BCUT2D eigenvalue weighted by Crippen LogP contribution is 2.21. The first-order valence-corrected chi connectivity index (χ1v) is 7.54. The van der Waals surface area contributed by atoms with Crippen LogP contribution in [0.4, 0.5) is 0 Å². The molecule has 0 fully saturated rings. The fraction of sp³-hybridized carbons (Fsp3) is 0.429. The van der Waals surface area contributed by atoms with E-state index in [1.165, 1.54) is 0 Å². The van der Waals surface area contributed by atoms with E-state index >= 15 is 0 Å². The first-order chi connectivity index (χ1) is 11.9. The lowest BCUT2D eigenvalue weighted by atomic mass is 10.1. The largest absolute Gasteiger partial charge is 0.361 e. The second kappa shape index (κ2) is 5.95. The highest BCUT2D eigenvalue weighted by atomic mass is 32.2. The molecule has 0 spiro atoms. The maximum atomic E-state index is 12.1. The number of H-pyrrole nitrogens is 1. The number of hydrogen-bond acceptors (Lipinski definition) is 3. The number of nitrogens with one attached hydrogen (secondary N) is 2. The average Bonchev–Trinajstić information content (AvgIpc) is 2.87. The van der Waals surface area contributed by atoms with Crippen molar-refractivity contribution in [2.45, 2.75) is 12.1 Å². The number of sulfonamides is 1. The van der Waals surface area contributed by atoms with E-state index in [0.717, 1.165) is 7.05 Å². The van der Waals surface area contributed by atoms with E-state index in [1.54, 1.807) is 0 Å². The van der Waals surface area contributed by atoms with Gasteiger partial charge in [0.05, 0.1) is 11.2 Å². The van der Waals surface area contributed by atoms with Crippen molar-refractivity contribution in [3.8, 4) is 0 Å². The Kier molecular flexibility index (Phi) is 2.62. The number of aromatic nitrogens is 1. The maximum absolute atomic E-state index is 12.1. The van der Waals surface area contributed by atoms with Crippen molar-refractivity contribution < 1.29 is 16.6 Å². The predicted molar refractivity (Wildman–Crippen MR) is 82.2 cm³/mol. The molecule has 0 bridgehead atoms. The van der Waals surface area contributed by atoms with Gasteiger partial charge in [0.2, 0.25) is 10.0 Å². The Bertz CT molecular complexity index is 956. The highest BCUT2D eigenvalue weighted by molar-refractivity contribution is 7.88. The molecule has 0 unspecified atom stereocenters. The number of rotatable bonds is 6. The van der Waals surface area contributed by atoms with Gasteiger partial charge in [-0.25, -0.2) is 13.1 Å². The predicted octanol–water partition coefficient (Wildman–Crippen LogP) is 1.32. The van der Waals surface area contributed by atoms with Gasteiger partial charge in [0, 0.05) is 26.4 Å². The summed E-state index contributed by atoms with van der Waals surface area (Å²) in [6.45, 7) is 0.547. The van der Waals surface area contributed by atoms with Crippen LogP contribution < -0.4 is 4.72 Å². The minimum absolute atomic E-state index is 0.0302. The summed E-state index contributed by atoms with van der Waals surface area (Å²) in [5, 5.41) is 0.114. The molecule has 1 aromatic heterocycles. The molecule has 0 radical (unpaired) electrons. The van der Waals surface area contributed by atoms with Crippen LogP contribution in [0.15, 0.2) is 24.3 Å². The zero-order valence-corrected chi connectivity index (χ0v) is 12.4. The molecular formula is C14H21N3O2S. The third-order valence-electron chi connectivity index (χ3n) is 2.77. The monoisotopic (exact) mass is 301 g/mol. The normalized spacial score (nSPS) is 17.4. The van der Waals surface area contributed by atoms with Gasteiger partial charge in [0.25, 0.3) is 0 Å². The molecule has 20 heavy (non-hydrogen) atoms. The average molecular weight is 301 g/mol. The Labute approximate surface area is 128 Å². The van der Waals surface area contributed by atoms with E-state index in [-0.39, 0.29) is 17.1 Å². The fourth-order valence-electron chi connectivity index (χ4n) is 1.69. The molecule has 1 heterocycles. The van der Waals surface area contributed by atoms with E-state index in [9.17, 15) is 8.42 Å². The zero-order chi connectivity index (χ0) is 20.0. The smallest absolute Gasteiger partial charge is 0.215 e. The van der Waals surface area contributed by atoms with Crippen molar-refractivity contribution in [2.24, 2.45) is 0 Å². The summed E-state index contributed by atoms with van der Waals surface area (Å²) in [6.07, 6.45) is 0.327. The Balaban J connectivity index is 2.88. The molecule has 0 aliphatic carbocycles. The highest BCUT2D eigenvalue weighted by Gasteiger charge is 2.11. The third kappa shape index (κ3) is 3.59. The van der Waals surface area contributed by atoms with Crippen LogP contribution in [0.1, 0.15) is 19.4 Å². The quantitative estimate of drug-likeness (QED) is 0.846. The number of likely N-dealkylation sites (N-methyl/N-ethyl adjacent to an activating group) is 1. The summed E-state index contributed by atoms with van der Waals surface area (Å²) < 4.78 is 74.7. The van der Waals surface area contributed by atoms with Crippen LogP contribution in [-0.4, -0.2) is 46.0 Å². The zero-order valence-electron chi connectivity index (χ0n) is 17.6. The van der Waals surface area contributed by atoms with Crippen LogP contribution in [0.5, 0.6) is 0 Å². The van der Waals surface area contributed by atoms with Crippen LogP contribution >= 0.6 is 0 Å². The summed E-state index contributed by atoms with van der Waals surface area (Å²) in [7, 11) is 0.194. The SMILES string of the molecule is [2H]c1[nH]c2c([2H])c([2H])c(C([2H])([2H])S(=O)(=O)NC)c([2H])c2c1CCN(C)C. The second-order valence-corrected chi connectivity index (χ2v) is 6.21. The van der Waals surface area contributed by atoms with Gasteiger partial charge in [-0.3, -0.25) is 0 Å². The minimum atomic E-state index is -4.52. The van der Waals surface area contributed by atoms with Crippen LogP contribution in [0, 0.1) is 0 Å². The van der Waals surface area contributed by atoms with E-state index in [0.29, 0.717) is 18.5 Å². The molecule has 2 N–H and O–H groups in total. The number of hydrogen-bond donors (Lipinski definition) is 2. The van der Waals surface area contributed by atoms with Gasteiger partial charge in [-0.2, -0.15) is 0 Å². The summed E-state index contributed by atoms with van der Waals surface area (Å²) in [4.78, 5) is 4.53. The maximum Gasteiger partial charge on any atom is 0.215 e. The van der Waals surface area contributed by atoms with E-state index in [1.807, 2.05) is 23.7 Å². The van der Waals surface area contributed by atoms with Crippen LogP contribution in [0.25, 0.3) is 10.9 Å². The Morgan fingerprint density at radius 2 is 2.20 bits per heavy atom. The van der Waals surface area contributed by atoms with E-state index in [2.05, 4.69) is 4.98 Å². The summed E-state index contributed by atoms with van der Waals surface area (Å²) in [6, 6.07) is -1.62. The Morgan fingerprint density at radius 3 is 2.85 bits per heavy atom. The lowest BCUT2D eigenvalue weighted by Crippen LogP contribution is -2.20. The number of nitrogens with zero attached hydrogens (tertiary/aromatic N) is 1. The molecule has 2 rings (SSSR count). The van der Waals surface area contributed by atoms with Gasteiger partial charge < -0.3 is 9.88 Å². The van der Waals surface area contributed by atoms with Crippen LogP contribution in [-0.2, 0) is 22.1 Å². The second-order valence-electron chi connectivity index (χ2n) is 4.59. The van der Waals surface area contributed by atoms with Gasteiger partial charge in [0.15, 0.2) is 0 Å². The molecule has 6 heteroatoms. The minimum Gasteiger partial charge on any atom is -0.361 e. The lowest BCUT2D eigenvalue weighted by molar-refractivity contribution is 0.414. The molecule has 0 saturated heterocycles. The van der Waals surface area contributed by atoms with Gasteiger partial charge >= 0.3 is 0 Å². The van der Waals surface area contributed by atoms with E-state index < -0.39 is 39.4 Å². The standard InChI is InChI=1S/C14H21N3O2S/c1-15-20(18,19)10-11-4-5-14-13(8-11)12(9-16-14)6-7-17(2)3/h4-5,8-9,15-16H,6-7,10H2,1-3H3/i4D,5D,8D,9D,10D2. The number of benzene rings is 1. The van der Waals surface area contributed by atoms with Gasteiger partial charge in [-0.05, 0) is 50.8 Å². The third-order valence-corrected chi connectivity index (χ3v) is 3.78. The van der Waals surface area contributed by atoms with Crippen molar-refractivity contribution in [2.75, 3.05) is 27.7 Å². The topological polar surface area (TPSA) is 65.2 Å². The van der Waals surface area contributed by atoms with Crippen molar-refractivity contribution >= 4 is 20.9 Å². The van der Waals surface area contributed by atoms with Crippen molar-refractivity contribution in [3.05, 3.63) is 35.4 Å². The van der Waals surface area contributed by atoms with Crippen molar-refractivity contribution in [1.29, 1.82) is 0 Å². The van der Waals surface area contributed by atoms with Crippen LogP contribution in [0.2, 0.25) is 0 Å². The molecule has 0 aliphatic rings. The first-order valence-electron chi connectivity index (χ1n) is 9.06. The molecule has 0 amide bonds. The van der Waals surface area contributed by atoms with Crippen LogP contribution in [0.3, 0.4) is 0 Å². The van der Waals surface area contributed by atoms with E-state index in [4.69, 9.17) is 8.22 Å².